The molecule has 0 aliphatic rings. The van der Waals surface area contributed by atoms with Crippen LogP contribution in [-0.4, -0.2) is 38.7 Å². The van der Waals surface area contributed by atoms with Crippen LogP contribution in [0.4, 0.5) is 0 Å². The molecule has 0 fully saturated rings. The van der Waals surface area contributed by atoms with Gasteiger partial charge in [-0.25, -0.2) is 27.8 Å². The van der Waals surface area contributed by atoms with Gasteiger partial charge in [0.15, 0.2) is 11.0 Å². The van der Waals surface area contributed by atoms with E-state index in [0.717, 1.165) is 16.9 Å². The molecule has 0 saturated heterocycles. The molecule has 0 radical (unpaired) electrons. The number of nitrogens with zero attached hydrogens (tertiary/aromatic N) is 2. The molecule has 25 heavy (non-hydrogen) atoms. The average molecular weight is 418 g/mol. The first-order valence-electron chi connectivity index (χ1n) is 7.16. The van der Waals surface area contributed by atoms with E-state index in [1.165, 1.54) is 0 Å². The molecule has 11 heteroatoms. The van der Waals surface area contributed by atoms with E-state index in [-0.39, 0.29) is 11.8 Å². The Morgan fingerprint density at radius 1 is 1.08 bits per heavy atom. The third kappa shape index (κ3) is 7.22. The second-order valence-corrected chi connectivity index (χ2v) is 6.62. The van der Waals surface area contributed by atoms with E-state index in [2.05, 4.69) is 0 Å². The minimum atomic E-state index is -4.94. The van der Waals surface area contributed by atoms with Crippen LogP contribution in [0.25, 0.3) is 11.0 Å². The van der Waals surface area contributed by atoms with E-state index in [0.29, 0.717) is 13.1 Å². The lowest BCUT2D eigenvalue weighted by Crippen LogP contribution is -2.68. The fraction of sp³-hybridized carbons (Fsp3) is 0.500. The Kier molecular flexibility index (Phi) is 8.82. The van der Waals surface area contributed by atoms with Crippen LogP contribution in [-0.2, 0) is 13.1 Å². The molecule has 1 aromatic heterocycles. The summed E-state index contributed by atoms with van der Waals surface area (Å²) in [6.07, 6.45) is -1.20. The number of aromatic nitrogens is 2. The summed E-state index contributed by atoms with van der Waals surface area (Å²) in [7, 11) is -4.94. The van der Waals surface area contributed by atoms with Crippen LogP contribution in [0.3, 0.4) is 0 Å². The molecule has 2 aromatic rings. The number of rotatable bonds is 6. The number of aliphatic hydroxyl groups excluding tert-OH is 2. The van der Waals surface area contributed by atoms with Crippen molar-refractivity contribution in [3.8, 4) is 0 Å². The van der Waals surface area contributed by atoms with Crippen molar-refractivity contribution < 1.29 is 43.7 Å². The second-order valence-electron chi connectivity index (χ2n) is 5.25. The highest BCUT2D eigenvalue weighted by Gasteiger charge is 2.24. The molecule has 0 aliphatic heterocycles. The Hall–Kier alpha value is -0.680. The number of imidazole rings is 1. The average Bonchev–Trinajstić information content (AvgIpc) is 2.79. The zero-order valence-electron chi connectivity index (χ0n) is 13.3. The van der Waals surface area contributed by atoms with Gasteiger partial charge in [0.25, 0.3) is 5.82 Å². The molecular formula is C14H19Cl3N2O6. The van der Waals surface area contributed by atoms with Crippen molar-refractivity contribution >= 4 is 34.2 Å². The van der Waals surface area contributed by atoms with Crippen LogP contribution in [0.15, 0.2) is 24.3 Å². The van der Waals surface area contributed by atoms with Crippen molar-refractivity contribution in [2.24, 2.45) is 0 Å². The standard InChI is InChI=1S/C14H19Cl2N2O2.ClHO4/c1-10-17(8-11(19)6-15)13-4-2-3-5-14(13)18(10)9-12(20)7-16;2-1(3,4)5/h2-5,11-12,19-20H,6-9H2,1H3;(H,2,3,4,5)/q+1;/p-1. The Balaban J connectivity index is 0.000000550. The Morgan fingerprint density at radius 2 is 1.60 bits per heavy atom. The molecule has 142 valence electrons. The van der Waals surface area contributed by atoms with Gasteiger partial charge in [-0.3, -0.25) is 0 Å². The molecule has 2 unspecified atom stereocenters. The zero-order valence-corrected chi connectivity index (χ0v) is 15.6. The SMILES string of the molecule is Cc1n(CC(O)CCl)c2ccccc2[n+]1CC(O)CCl.[O-][Cl+3]([O-])([O-])[O-]. The number of benzene rings is 1. The van der Waals surface area contributed by atoms with Gasteiger partial charge >= 0.3 is 0 Å². The van der Waals surface area contributed by atoms with Crippen molar-refractivity contribution in [3.05, 3.63) is 30.1 Å². The summed E-state index contributed by atoms with van der Waals surface area (Å²) >= 11 is 11.4. The normalized spacial score (nSPS) is 14.1. The van der Waals surface area contributed by atoms with Gasteiger partial charge in [-0.2, -0.15) is 0 Å². The topological polar surface area (TPSA) is 142 Å². The summed E-state index contributed by atoms with van der Waals surface area (Å²) in [5.74, 6) is 1.34. The van der Waals surface area contributed by atoms with Crippen molar-refractivity contribution in [1.82, 2.24) is 4.57 Å². The number of fused-ring (bicyclic) bond motifs is 1. The zero-order chi connectivity index (χ0) is 19.2. The first kappa shape index (κ1) is 22.4. The molecule has 1 aromatic carbocycles. The van der Waals surface area contributed by atoms with E-state index < -0.39 is 22.5 Å². The maximum atomic E-state index is 9.80. The van der Waals surface area contributed by atoms with E-state index in [9.17, 15) is 10.2 Å². The molecule has 0 aliphatic carbocycles. The quantitative estimate of drug-likeness (QED) is 0.372. The second kappa shape index (κ2) is 9.86. The third-order valence-electron chi connectivity index (χ3n) is 3.39. The summed E-state index contributed by atoms with van der Waals surface area (Å²) < 4.78 is 38.0. The molecule has 2 atom stereocenters. The van der Waals surface area contributed by atoms with Crippen molar-refractivity contribution in [2.45, 2.75) is 32.2 Å². The monoisotopic (exact) mass is 416 g/mol. The van der Waals surface area contributed by atoms with Crippen molar-refractivity contribution in [2.75, 3.05) is 11.8 Å². The molecule has 1 heterocycles. The first-order valence-corrected chi connectivity index (χ1v) is 9.46. The highest BCUT2D eigenvalue weighted by molar-refractivity contribution is 6.18. The summed E-state index contributed by atoms with van der Waals surface area (Å²) in [4.78, 5) is 0. The van der Waals surface area contributed by atoms with Crippen LogP contribution < -0.4 is 23.2 Å². The van der Waals surface area contributed by atoms with Crippen LogP contribution in [0.1, 0.15) is 5.82 Å². The molecule has 2 N–H and O–H groups in total. The highest BCUT2D eigenvalue weighted by atomic mass is 35.7. The molecule has 0 saturated carbocycles. The number of alkyl halides is 2. The number of halogens is 3. The lowest BCUT2D eigenvalue weighted by molar-refractivity contribution is -2.00. The van der Waals surface area contributed by atoms with Crippen LogP contribution in [0.2, 0.25) is 0 Å². The summed E-state index contributed by atoms with van der Waals surface area (Å²) in [5, 5.41) is 19.6. The van der Waals surface area contributed by atoms with E-state index in [1.807, 2.05) is 40.3 Å². The third-order valence-corrected chi connectivity index (χ3v) is 4.10. The predicted molar refractivity (Wildman–Crippen MR) is 80.3 cm³/mol. The molecular weight excluding hydrogens is 399 g/mol. The predicted octanol–water partition coefficient (Wildman–Crippen LogP) is -3.32. The maximum absolute atomic E-state index is 9.80. The summed E-state index contributed by atoms with van der Waals surface area (Å²) in [5.41, 5.74) is 2.02. The van der Waals surface area contributed by atoms with Gasteiger partial charge in [0.2, 0.25) is 0 Å². The fourth-order valence-electron chi connectivity index (χ4n) is 2.40. The largest absolute Gasteiger partial charge is 0.388 e. The van der Waals surface area contributed by atoms with E-state index in [1.54, 1.807) is 0 Å². The molecule has 0 bridgehead atoms. The van der Waals surface area contributed by atoms with Gasteiger partial charge in [-0.05, 0) is 12.1 Å². The smallest absolute Gasteiger partial charge is 0.254 e. The maximum Gasteiger partial charge on any atom is 0.254 e. The van der Waals surface area contributed by atoms with Gasteiger partial charge in [0.1, 0.15) is 25.3 Å². The molecule has 0 amide bonds. The van der Waals surface area contributed by atoms with Crippen molar-refractivity contribution in [1.29, 1.82) is 0 Å². The molecule has 2 rings (SSSR count). The number of aliphatic hydroxyl groups is 2. The fourth-order valence-corrected chi connectivity index (χ4v) is 2.59. The summed E-state index contributed by atoms with van der Waals surface area (Å²) in [6.45, 7) is 2.82. The lowest BCUT2D eigenvalue weighted by atomic mass is 10.3. The summed E-state index contributed by atoms with van der Waals surface area (Å²) in [6, 6.07) is 7.89. The Bertz CT molecular complexity index is 621. The highest BCUT2D eigenvalue weighted by Crippen LogP contribution is 2.15. The van der Waals surface area contributed by atoms with Gasteiger partial charge in [-0.15, -0.1) is 33.4 Å². The van der Waals surface area contributed by atoms with Crippen molar-refractivity contribution in [3.63, 3.8) is 0 Å². The number of hydrogen-bond donors (Lipinski definition) is 2. The minimum absolute atomic E-state index is 0.191. The van der Waals surface area contributed by atoms with Gasteiger partial charge in [-0.1, -0.05) is 12.1 Å². The van der Waals surface area contributed by atoms with E-state index in [4.69, 9.17) is 41.8 Å². The lowest BCUT2D eigenvalue weighted by Gasteiger charge is -2.17. The van der Waals surface area contributed by atoms with Gasteiger partial charge in [0, 0.05) is 6.92 Å². The first-order chi connectivity index (χ1) is 11.6. The Morgan fingerprint density at radius 3 is 2.12 bits per heavy atom. The Labute approximate surface area is 156 Å². The molecule has 0 spiro atoms. The van der Waals surface area contributed by atoms with Crippen LogP contribution in [0, 0.1) is 17.2 Å². The van der Waals surface area contributed by atoms with E-state index >= 15 is 0 Å². The number of hydrogen-bond acceptors (Lipinski definition) is 6. The van der Waals surface area contributed by atoms with Crippen LogP contribution in [0.5, 0.6) is 0 Å². The van der Waals surface area contributed by atoms with Gasteiger partial charge in [0.05, 0.1) is 11.8 Å². The minimum Gasteiger partial charge on any atom is -0.388 e. The van der Waals surface area contributed by atoms with Crippen LogP contribution >= 0.6 is 23.2 Å². The van der Waals surface area contributed by atoms with Gasteiger partial charge < -0.3 is 10.2 Å². The molecule has 8 nitrogen and oxygen atoms in total. The number of para-hydroxylation sites is 2.